The Labute approximate surface area is 164 Å². The zero-order chi connectivity index (χ0) is 19.9. The van der Waals surface area contributed by atoms with Crippen LogP contribution in [0.3, 0.4) is 0 Å². The lowest BCUT2D eigenvalue weighted by molar-refractivity contribution is 0.0982. The number of methoxy groups -OCH3 is 2. The van der Waals surface area contributed by atoms with E-state index in [9.17, 15) is 4.79 Å². The Kier molecular flexibility index (Phi) is 6.32. The highest BCUT2D eigenvalue weighted by Crippen LogP contribution is 2.32. The van der Waals surface area contributed by atoms with Crippen molar-refractivity contribution in [1.82, 2.24) is 10.2 Å². The minimum absolute atomic E-state index is 0.180. The normalized spacial score (nSPS) is 10.5. The van der Waals surface area contributed by atoms with Crippen LogP contribution >= 0.6 is 0 Å². The molecule has 2 aromatic carbocycles. The molecule has 1 aromatic heterocycles. The third kappa shape index (κ3) is 4.34. The van der Waals surface area contributed by atoms with Crippen LogP contribution in [0.25, 0.3) is 11.3 Å². The van der Waals surface area contributed by atoms with Crippen LogP contribution in [0.2, 0.25) is 0 Å². The van der Waals surface area contributed by atoms with Gasteiger partial charge in [0.15, 0.2) is 17.3 Å². The Balaban J connectivity index is 1.72. The van der Waals surface area contributed by atoms with Crippen LogP contribution in [0, 0.1) is 0 Å². The molecule has 1 heterocycles. The van der Waals surface area contributed by atoms with E-state index in [4.69, 9.17) is 9.47 Å². The summed E-state index contributed by atoms with van der Waals surface area (Å²) in [6.07, 6.45) is 3.24. The lowest BCUT2D eigenvalue weighted by Gasteiger charge is -2.11. The van der Waals surface area contributed by atoms with E-state index >= 15 is 0 Å². The van der Waals surface area contributed by atoms with Crippen molar-refractivity contribution < 1.29 is 14.3 Å². The van der Waals surface area contributed by atoms with Gasteiger partial charge in [-0.25, -0.2) is 0 Å². The first-order valence-electron chi connectivity index (χ1n) is 9.28. The molecule has 0 atom stereocenters. The highest BCUT2D eigenvalue weighted by molar-refractivity contribution is 5.96. The number of H-pyrrole nitrogens is 1. The van der Waals surface area contributed by atoms with Crippen molar-refractivity contribution in [3.63, 3.8) is 0 Å². The van der Waals surface area contributed by atoms with Crippen molar-refractivity contribution in [2.45, 2.75) is 26.3 Å². The molecule has 2 N–H and O–H groups in total. The number of hydrogen-bond acceptors (Lipinski definition) is 5. The van der Waals surface area contributed by atoms with Crippen LogP contribution < -0.4 is 14.8 Å². The number of carbonyl (C=O) groups is 1. The summed E-state index contributed by atoms with van der Waals surface area (Å²) in [5, 5.41) is 10.6. The fourth-order valence-electron chi connectivity index (χ4n) is 3.03. The van der Waals surface area contributed by atoms with Crippen molar-refractivity contribution >= 4 is 11.5 Å². The van der Waals surface area contributed by atoms with Gasteiger partial charge in [-0.2, -0.15) is 5.10 Å². The zero-order valence-electron chi connectivity index (χ0n) is 16.4. The van der Waals surface area contributed by atoms with Gasteiger partial charge in [0.05, 0.1) is 26.1 Å². The maximum Gasteiger partial charge on any atom is 0.162 e. The summed E-state index contributed by atoms with van der Waals surface area (Å²) in [5.74, 6) is 1.53. The topological polar surface area (TPSA) is 76.2 Å². The Morgan fingerprint density at radius 1 is 1.07 bits per heavy atom. The molecule has 3 aromatic rings. The van der Waals surface area contributed by atoms with Gasteiger partial charge in [0.1, 0.15) is 0 Å². The molecular weight excluding hydrogens is 354 g/mol. The lowest BCUT2D eigenvalue weighted by atomic mass is 10.1. The maximum atomic E-state index is 11.9. The van der Waals surface area contributed by atoms with Crippen LogP contribution in [0.15, 0.2) is 48.7 Å². The molecule has 0 saturated heterocycles. The summed E-state index contributed by atoms with van der Waals surface area (Å²) in [4.78, 5) is 11.9. The number of aromatic nitrogens is 2. The van der Waals surface area contributed by atoms with Crippen LogP contribution in [0.1, 0.15) is 35.7 Å². The van der Waals surface area contributed by atoms with Gasteiger partial charge in [-0.1, -0.05) is 6.92 Å². The maximum absolute atomic E-state index is 11.9. The van der Waals surface area contributed by atoms with E-state index in [0.717, 1.165) is 34.5 Å². The third-order valence-corrected chi connectivity index (χ3v) is 4.56. The molecular formula is C22H25N3O3. The SMILES string of the molecule is CCCC(=O)c1ccc(NCc2cn[nH]c2-c2ccc(OC)c(OC)c2)cc1. The minimum Gasteiger partial charge on any atom is -0.493 e. The standard InChI is InChI=1S/C22H25N3O3/c1-4-5-19(26)15-6-9-18(10-7-15)23-13-17-14-24-25-22(17)16-8-11-20(27-2)21(12-16)28-3/h6-12,14,23H,4-5,13H2,1-3H3,(H,24,25). The van der Waals surface area contributed by atoms with Crippen molar-refractivity contribution in [1.29, 1.82) is 0 Å². The average molecular weight is 379 g/mol. The van der Waals surface area contributed by atoms with Crippen molar-refractivity contribution in [3.05, 3.63) is 59.8 Å². The Morgan fingerprint density at radius 3 is 2.50 bits per heavy atom. The molecule has 0 aliphatic heterocycles. The second kappa shape index (κ2) is 9.08. The highest BCUT2D eigenvalue weighted by atomic mass is 16.5. The first kappa shape index (κ1) is 19.5. The molecule has 0 unspecified atom stereocenters. The Hall–Kier alpha value is -3.28. The van der Waals surface area contributed by atoms with Crippen molar-refractivity contribution in [3.8, 4) is 22.8 Å². The molecule has 0 fully saturated rings. The summed E-state index contributed by atoms with van der Waals surface area (Å²) in [5.41, 5.74) is 4.61. The third-order valence-electron chi connectivity index (χ3n) is 4.56. The van der Waals surface area contributed by atoms with Crippen molar-refractivity contribution in [2.24, 2.45) is 0 Å². The number of rotatable bonds is 9. The van der Waals surface area contributed by atoms with Gasteiger partial charge in [-0.05, 0) is 48.9 Å². The molecule has 6 heteroatoms. The summed E-state index contributed by atoms with van der Waals surface area (Å²) >= 11 is 0. The molecule has 0 amide bonds. The lowest BCUT2D eigenvalue weighted by Crippen LogP contribution is -2.02. The summed E-state index contributed by atoms with van der Waals surface area (Å²) in [6.45, 7) is 2.61. The quantitative estimate of drug-likeness (QED) is 0.528. The second-order valence-corrected chi connectivity index (χ2v) is 6.44. The van der Waals surface area contributed by atoms with Gasteiger partial charge >= 0.3 is 0 Å². The molecule has 146 valence electrons. The highest BCUT2D eigenvalue weighted by Gasteiger charge is 2.12. The molecule has 0 aliphatic rings. The number of aromatic amines is 1. The summed E-state index contributed by atoms with van der Waals surface area (Å²) in [6, 6.07) is 13.3. The number of carbonyl (C=O) groups excluding carboxylic acids is 1. The largest absolute Gasteiger partial charge is 0.493 e. The molecule has 6 nitrogen and oxygen atoms in total. The molecule has 0 radical (unpaired) electrons. The minimum atomic E-state index is 0.180. The summed E-state index contributed by atoms with van der Waals surface area (Å²) in [7, 11) is 3.23. The molecule has 0 aliphatic carbocycles. The van der Waals surface area contributed by atoms with E-state index in [2.05, 4.69) is 15.5 Å². The van der Waals surface area contributed by atoms with Gasteiger partial charge in [-0.3, -0.25) is 9.89 Å². The Morgan fingerprint density at radius 2 is 1.82 bits per heavy atom. The number of ketones is 1. The first-order valence-corrected chi connectivity index (χ1v) is 9.28. The number of Topliss-reactive ketones (excluding diaryl/α,β-unsaturated/α-hetero) is 1. The van der Waals surface area contributed by atoms with E-state index < -0.39 is 0 Å². The van der Waals surface area contributed by atoms with Crippen LogP contribution in [-0.2, 0) is 6.54 Å². The van der Waals surface area contributed by atoms with Crippen LogP contribution in [0.4, 0.5) is 5.69 Å². The molecule has 0 spiro atoms. The first-order chi connectivity index (χ1) is 13.7. The fourth-order valence-corrected chi connectivity index (χ4v) is 3.03. The van der Waals surface area contributed by atoms with E-state index in [-0.39, 0.29) is 5.78 Å². The van der Waals surface area contributed by atoms with Gasteiger partial charge < -0.3 is 14.8 Å². The number of anilines is 1. The Bertz CT molecular complexity index is 932. The number of ether oxygens (including phenoxy) is 2. The zero-order valence-corrected chi connectivity index (χ0v) is 16.4. The van der Waals surface area contributed by atoms with Crippen LogP contribution in [-0.4, -0.2) is 30.2 Å². The van der Waals surface area contributed by atoms with E-state index in [0.29, 0.717) is 24.5 Å². The number of nitrogens with zero attached hydrogens (tertiary/aromatic N) is 1. The smallest absolute Gasteiger partial charge is 0.162 e. The number of benzene rings is 2. The average Bonchev–Trinajstić information content (AvgIpc) is 3.21. The molecule has 3 rings (SSSR count). The molecule has 0 saturated carbocycles. The van der Waals surface area contributed by atoms with Crippen LogP contribution in [0.5, 0.6) is 11.5 Å². The monoisotopic (exact) mass is 379 g/mol. The molecule has 28 heavy (non-hydrogen) atoms. The predicted molar refractivity (Wildman–Crippen MR) is 110 cm³/mol. The predicted octanol–water partition coefficient (Wildman–Crippen LogP) is 4.69. The van der Waals surface area contributed by atoms with Gasteiger partial charge in [0.25, 0.3) is 0 Å². The number of nitrogens with one attached hydrogen (secondary N) is 2. The summed E-state index contributed by atoms with van der Waals surface area (Å²) < 4.78 is 10.7. The molecule has 0 bridgehead atoms. The fraction of sp³-hybridized carbons (Fsp3) is 0.273. The number of hydrogen-bond donors (Lipinski definition) is 2. The van der Waals surface area contributed by atoms with E-state index in [1.54, 1.807) is 20.4 Å². The second-order valence-electron chi connectivity index (χ2n) is 6.44. The van der Waals surface area contributed by atoms with Gasteiger partial charge in [-0.15, -0.1) is 0 Å². The van der Waals surface area contributed by atoms with Gasteiger partial charge in [0.2, 0.25) is 0 Å². The van der Waals surface area contributed by atoms with E-state index in [1.807, 2.05) is 49.4 Å². The van der Waals surface area contributed by atoms with E-state index in [1.165, 1.54) is 0 Å². The van der Waals surface area contributed by atoms with Gasteiger partial charge in [0, 0.05) is 35.3 Å². The van der Waals surface area contributed by atoms with Crippen molar-refractivity contribution in [2.75, 3.05) is 19.5 Å².